The van der Waals surface area contributed by atoms with E-state index in [0.29, 0.717) is 0 Å². The molecule has 4 heteroatoms. The molecule has 0 saturated carbocycles. The zero-order valence-electron chi connectivity index (χ0n) is 20.3. The Labute approximate surface area is 190 Å². The molecule has 0 aromatic carbocycles. The van der Waals surface area contributed by atoms with Crippen LogP contribution in [-0.2, 0) is 21.7 Å². The van der Waals surface area contributed by atoms with Crippen molar-refractivity contribution < 1.29 is 13.3 Å². The number of hydrogen-bond donors (Lipinski definition) is 1. The van der Waals surface area contributed by atoms with E-state index in [1.807, 2.05) is 0 Å². The second-order valence-corrected chi connectivity index (χ2v) is 11.3. The minimum atomic E-state index is -0.406. The van der Waals surface area contributed by atoms with Crippen molar-refractivity contribution in [2.45, 2.75) is 77.0 Å². The lowest BCUT2D eigenvalue weighted by molar-refractivity contribution is 0.294. The lowest BCUT2D eigenvalue weighted by atomic mass is 9.86. The van der Waals surface area contributed by atoms with Crippen LogP contribution in [0.1, 0.15) is 101 Å². The third-order valence-corrected chi connectivity index (χ3v) is 7.55. The number of H-pyrrole nitrogens is 1. The standard InChI is InChI=1S/C28H33NO3/c1-25(2)17-9-10-18(29-17)26(3,4)20-12-14-22(31-20)28(7,8)24-16-15-23(32-24)27(5,6)21-13-11-19(25)30-21/h9-16,29H,1-8H3. The molecule has 4 aromatic heterocycles. The predicted molar refractivity (Wildman–Crippen MR) is 125 cm³/mol. The molecule has 0 radical (unpaired) electrons. The molecule has 168 valence electrons. The van der Waals surface area contributed by atoms with Crippen molar-refractivity contribution in [2.75, 3.05) is 0 Å². The minimum absolute atomic E-state index is 0.315. The molecule has 32 heavy (non-hydrogen) atoms. The van der Waals surface area contributed by atoms with E-state index in [1.165, 1.54) is 0 Å². The topological polar surface area (TPSA) is 55.2 Å². The fraction of sp³-hybridized carbons (Fsp3) is 0.429. The largest absolute Gasteiger partial charge is 0.464 e. The van der Waals surface area contributed by atoms with E-state index in [9.17, 15) is 0 Å². The molecule has 1 aliphatic heterocycles. The Morgan fingerprint density at radius 1 is 0.406 bits per heavy atom. The molecule has 8 bridgehead atoms. The summed E-state index contributed by atoms with van der Waals surface area (Å²) in [6, 6.07) is 16.8. The maximum atomic E-state index is 6.48. The zero-order valence-corrected chi connectivity index (χ0v) is 20.3. The first-order valence-corrected chi connectivity index (χ1v) is 11.4. The van der Waals surface area contributed by atoms with Crippen LogP contribution in [0.2, 0.25) is 0 Å². The van der Waals surface area contributed by atoms with Gasteiger partial charge in [0.25, 0.3) is 0 Å². The summed E-state index contributed by atoms with van der Waals surface area (Å²) in [7, 11) is 0. The molecule has 0 unspecified atom stereocenters. The molecular formula is C28H33NO3. The molecule has 0 saturated heterocycles. The molecule has 1 aliphatic rings. The first-order chi connectivity index (χ1) is 14.8. The summed E-state index contributed by atoms with van der Waals surface area (Å²) < 4.78 is 19.4. The highest BCUT2D eigenvalue weighted by Crippen LogP contribution is 2.43. The molecule has 5 rings (SSSR count). The van der Waals surface area contributed by atoms with Gasteiger partial charge in [-0.05, 0) is 104 Å². The Balaban J connectivity index is 1.76. The second-order valence-electron chi connectivity index (χ2n) is 11.3. The molecule has 4 nitrogen and oxygen atoms in total. The monoisotopic (exact) mass is 431 g/mol. The second kappa shape index (κ2) is 6.34. The zero-order chi connectivity index (χ0) is 23.1. The van der Waals surface area contributed by atoms with Gasteiger partial charge in [0.05, 0.1) is 21.7 Å². The fourth-order valence-electron chi connectivity index (χ4n) is 4.66. The number of hydrogen-bond acceptors (Lipinski definition) is 3. The normalized spacial score (nSPS) is 20.2. The van der Waals surface area contributed by atoms with Crippen LogP contribution in [0, 0.1) is 0 Å². The van der Waals surface area contributed by atoms with Crippen LogP contribution in [-0.4, -0.2) is 4.98 Å². The number of aromatic amines is 1. The average molecular weight is 432 g/mol. The van der Waals surface area contributed by atoms with E-state index in [4.69, 9.17) is 13.3 Å². The fourth-order valence-corrected chi connectivity index (χ4v) is 4.66. The van der Waals surface area contributed by atoms with E-state index < -0.39 is 10.8 Å². The number of fused-ring (bicyclic) bond motifs is 8. The Morgan fingerprint density at radius 3 is 0.938 bits per heavy atom. The SMILES string of the molecule is CC1(C)c2ccc([nH]2)C(C)(C)c2ccc(o2)C(C)(C)c2ccc(o2)C(C)(C)c2ccc1o2. The van der Waals surface area contributed by atoms with Crippen LogP contribution in [0.25, 0.3) is 0 Å². The minimum Gasteiger partial charge on any atom is -0.464 e. The molecule has 0 aliphatic carbocycles. The summed E-state index contributed by atoms with van der Waals surface area (Å²) in [6.07, 6.45) is 0. The predicted octanol–water partition coefficient (Wildman–Crippen LogP) is 7.41. The highest BCUT2D eigenvalue weighted by Gasteiger charge is 2.39. The van der Waals surface area contributed by atoms with Gasteiger partial charge in [-0.15, -0.1) is 0 Å². The van der Waals surface area contributed by atoms with Crippen LogP contribution in [0.4, 0.5) is 0 Å². The summed E-state index contributed by atoms with van der Waals surface area (Å²) >= 11 is 0. The van der Waals surface area contributed by atoms with E-state index in [-0.39, 0.29) is 10.8 Å². The summed E-state index contributed by atoms with van der Waals surface area (Å²) in [5.41, 5.74) is 0.778. The molecule has 0 atom stereocenters. The quantitative estimate of drug-likeness (QED) is 0.315. The Kier molecular flexibility index (Phi) is 4.16. The van der Waals surface area contributed by atoms with Crippen LogP contribution in [0.3, 0.4) is 0 Å². The average Bonchev–Trinajstić information content (AvgIpc) is 3.53. The van der Waals surface area contributed by atoms with Crippen molar-refractivity contribution in [3.63, 3.8) is 0 Å². The molecule has 5 heterocycles. The lowest BCUT2D eigenvalue weighted by Crippen LogP contribution is -2.23. The Hall–Kier alpha value is -2.88. The van der Waals surface area contributed by atoms with Crippen molar-refractivity contribution in [1.29, 1.82) is 0 Å². The van der Waals surface area contributed by atoms with E-state index in [0.717, 1.165) is 45.9 Å². The Bertz CT molecular complexity index is 1000. The summed E-state index contributed by atoms with van der Waals surface area (Å²) in [6.45, 7) is 17.3. The number of furan rings is 3. The third-order valence-electron chi connectivity index (χ3n) is 7.55. The van der Waals surface area contributed by atoms with Gasteiger partial charge in [-0.1, -0.05) is 0 Å². The van der Waals surface area contributed by atoms with Crippen LogP contribution in [0.15, 0.2) is 61.8 Å². The van der Waals surface area contributed by atoms with Crippen LogP contribution < -0.4 is 0 Å². The molecule has 0 spiro atoms. The van der Waals surface area contributed by atoms with Gasteiger partial charge in [-0.25, -0.2) is 0 Å². The van der Waals surface area contributed by atoms with E-state index in [2.05, 4.69) is 109 Å². The van der Waals surface area contributed by atoms with Gasteiger partial charge in [-0.2, -0.15) is 0 Å². The number of rotatable bonds is 0. The van der Waals surface area contributed by atoms with Crippen molar-refractivity contribution in [3.8, 4) is 0 Å². The number of nitrogens with one attached hydrogen (secondary N) is 1. The van der Waals surface area contributed by atoms with Crippen LogP contribution >= 0.6 is 0 Å². The highest BCUT2D eigenvalue weighted by atomic mass is 16.4. The Morgan fingerprint density at radius 2 is 0.656 bits per heavy atom. The van der Waals surface area contributed by atoms with Gasteiger partial charge in [0.1, 0.15) is 34.6 Å². The van der Waals surface area contributed by atoms with Gasteiger partial charge in [0, 0.05) is 11.4 Å². The first-order valence-electron chi connectivity index (χ1n) is 11.4. The van der Waals surface area contributed by atoms with Crippen molar-refractivity contribution >= 4 is 0 Å². The van der Waals surface area contributed by atoms with Crippen molar-refractivity contribution in [2.24, 2.45) is 0 Å². The van der Waals surface area contributed by atoms with Gasteiger partial charge in [0.2, 0.25) is 0 Å². The van der Waals surface area contributed by atoms with Gasteiger partial charge >= 0.3 is 0 Å². The molecular weight excluding hydrogens is 398 g/mol. The summed E-state index contributed by atoms with van der Waals surface area (Å²) in [4.78, 5) is 3.68. The smallest absolute Gasteiger partial charge is 0.117 e. The third kappa shape index (κ3) is 2.81. The first kappa shape index (κ1) is 21.0. The molecule has 1 N–H and O–H groups in total. The van der Waals surface area contributed by atoms with Crippen molar-refractivity contribution in [3.05, 3.63) is 94.5 Å². The number of aromatic nitrogens is 1. The highest BCUT2D eigenvalue weighted by molar-refractivity contribution is 5.39. The lowest BCUT2D eigenvalue weighted by Gasteiger charge is -2.26. The van der Waals surface area contributed by atoms with Gasteiger partial charge < -0.3 is 18.2 Å². The molecule has 0 amide bonds. The van der Waals surface area contributed by atoms with E-state index >= 15 is 0 Å². The summed E-state index contributed by atoms with van der Waals surface area (Å²) in [5.74, 6) is 5.37. The van der Waals surface area contributed by atoms with Gasteiger partial charge in [0.15, 0.2) is 0 Å². The molecule has 4 aromatic rings. The maximum Gasteiger partial charge on any atom is 0.117 e. The molecule has 0 fully saturated rings. The van der Waals surface area contributed by atoms with Crippen LogP contribution in [0.5, 0.6) is 0 Å². The van der Waals surface area contributed by atoms with Crippen molar-refractivity contribution in [1.82, 2.24) is 4.98 Å². The summed E-state index contributed by atoms with van der Waals surface area (Å²) in [5, 5.41) is 0. The maximum absolute atomic E-state index is 6.48. The van der Waals surface area contributed by atoms with E-state index in [1.54, 1.807) is 0 Å². The van der Waals surface area contributed by atoms with Gasteiger partial charge in [-0.3, -0.25) is 0 Å².